The lowest BCUT2D eigenvalue weighted by atomic mass is 9.74. The van der Waals surface area contributed by atoms with E-state index in [-0.39, 0.29) is 11.9 Å². The minimum absolute atomic E-state index is 0.170. The lowest BCUT2D eigenvalue weighted by Crippen LogP contribution is -2.51. The number of nitrogens with zero attached hydrogens (tertiary/aromatic N) is 3. The van der Waals surface area contributed by atoms with Crippen LogP contribution in [0.15, 0.2) is 30.5 Å². The Hall–Kier alpha value is -2.28. The maximum atomic E-state index is 12.9. The lowest BCUT2D eigenvalue weighted by molar-refractivity contribution is -0.158. The zero-order valence-electron chi connectivity index (χ0n) is 15.1. The van der Waals surface area contributed by atoms with Crippen molar-refractivity contribution in [3.05, 3.63) is 47.3 Å². The number of hydrogen-bond acceptors (Lipinski definition) is 6. The molecule has 2 heterocycles. The summed E-state index contributed by atoms with van der Waals surface area (Å²) in [5.41, 5.74) is 1.87. The molecule has 0 unspecified atom stereocenters. The van der Waals surface area contributed by atoms with E-state index in [0.29, 0.717) is 38.2 Å². The van der Waals surface area contributed by atoms with Crippen molar-refractivity contribution < 1.29 is 14.3 Å². The third-order valence-corrected chi connectivity index (χ3v) is 5.42. The van der Waals surface area contributed by atoms with Gasteiger partial charge < -0.3 is 9.64 Å². The van der Waals surface area contributed by atoms with Crippen LogP contribution >= 0.6 is 11.7 Å². The van der Waals surface area contributed by atoms with Crippen LogP contribution in [-0.4, -0.2) is 45.2 Å². The van der Waals surface area contributed by atoms with Crippen LogP contribution in [0.3, 0.4) is 0 Å². The van der Waals surface area contributed by atoms with Crippen molar-refractivity contribution in [3.63, 3.8) is 0 Å². The molecule has 1 aromatic heterocycles. The molecule has 1 atom stereocenters. The second kappa shape index (κ2) is 7.95. The highest BCUT2D eigenvalue weighted by Gasteiger charge is 2.45. The molecule has 0 spiro atoms. The van der Waals surface area contributed by atoms with E-state index >= 15 is 0 Å². The Kier molecular flexibility index (Phi) is 5.66. The van der Waals surface area contributed by atoms with Gasteiger partial charge in [0.1, 0.15) is 0 Å². The molecule has 26 heavy (non-hydrogen) atoms. The molecule has 0 N–H and O–H groups in total. The van der Waals surface area contributed by atoms with Gasteiger partial charge in [-0.1, -0.05) is 24.3 Å². The molecular weight excluding hydrogens is 350 g/mol. The summed E-state index contributed by atoms with van der Waals surface area (Å²) < 4.78 is 13.4. The number of amides is 1. The first kappa shape index (κ1) is 18.5. The average molecular weight is 373 g/mol. The molecule has 0 saturated carbocycles. The van der Waals surface area contributed by atoms with E-state index in [1.165, 1.54) is 6.20 Å². The van der Waals surface area contributed by atoms with Gasteiger partial charge in [0.25, 0.3) is 5.91 Å². The van der Waals surface area contributed by atoms with E-state index < -0.39 is 5.41 Å². The van der Waals surface area contributed by atoms with E-state index in [9.17, 15) is 9.59 Å². The smallest absolute Gasteiger partial charge is 0.314 e. The number of ether oxygens (including phenoxy) is 1. The predicted octanol–water partition coefficient (Wildman–Crippen LogP) is 2.87. The summed E-state index contributed by atoms with van der Waals surface area (Å²) in [6.07, 6.45) is 3.51. The molecule has 1 saturated heterocycles. The zero-order valence-corrected chi connectivity index (χ0v) is 15.9. The van der Waals surface area contributed by atoms with Gasteiger partial charge in [0.05, 0.1) is 29.9 Å². The molecule has 0 aliphatic carbocycles. The van der Waals surface area contributed by atoms with Gasteiger partial charge in [0.2, 0.25) is 0 Å². The number of esters is 1. The van der Waals surface area contributed by atoms with Gasteiger partial charge >= 0.3 is 5.97 Å². The largest absolute Gasteiger partial charge is 0.466 e. The molecule has 0 bridgehead atoms. The number of hydrogen-bond donors (Lipinski definition) is 0. The number of rotatable bonds is 5. The molecule has 1 fully saturated rings. The van der Waals surface area contributed by atoms with Crippen molar-refractivity contribution in [1.29, 1.82) is 0 Å². The fraction of sp³-hybridized carbons (Fsp3) is 0.474. The summed E-state index contributed by atoms with van der Waals surface area (Å²) in [7, 11) is 0. The molecule has 1 aliphatic heterocycles. The number of aryl methyl sites for hydroxylation is 1. The van der Waals surface area contributed by atoms with E-state index in [1.807, 2.05) is 38.1 Å². The van der Waals surface area contributed by atoms with Crippen molar-refractivity contribution in [3.8, 4) is 0 Å². The standard InChI is InChI=1S/C19H23N3O3S/c1-3-25-18(24)19(11-15-8-5-4-7-14(15)2)9-6-10-22(13-19)17(23)16-12-20-26-21-16/h4-5,7-8,12H,3,6,9-11,13H2,1-2H3/t19-/m1/s1. The zero-order chi connectivity index (χ0) is 18.6. The van der Waals surface area contributed by atoms with Crippen molar-refractivity contribution in [2.75, 3.05) is 19.7 Å². The van der Waals surface area contributed by atoms with Crippen molar-refractivity contribution in [1.82, 2.24) is 13.6 Å². The lowest BCUT2D eigenvalue weighted by Gasteiger charge is -2.41. The summed E-state index contributed by atoms with van der Waals surface area (Å²) in [5, 5.41) is 0. The number of carbonyl (C=O) groups excluding carboxylic acids is 2. The van der Waals surface area contributed by atoms with Gasteiger partial charge in [-0.2, -0.15) is 8.75 Å². The van der Waals surface area contributed by atoms with Crippen molar-refractivity contribution in [2.45, 2.75) is 33.1 Å². The van der Waals surface area contributed by atoms with Gasteiger partial charge in [0.15, 0.2) is 5.69 Å². The SMILES string of the molecule is CCOC(=O)[C@@]1(Cc2ccccc2C)CCCN(C(=O)c2cnsn2)C1. The van der Waals surface area contributed by atoms with Crippen molar-refractivity contribution >= 4 is 23.6 Å². The molecule has 3 rings (SSSR count). The Balaban J connectivity index is 1.89. The highest BCUT2D eigenvalue weighted by atomic mass is 32.1. The Morgan fingerprint density at radius 1 is 1.35 bits per heavy atom. The van der Waals surface area contributed by atoms with Gasteiger partial charge in [-0.25, -0.2) is 0 Å². The van der Waals surface area contributed by atoms with Gasteiger partial charge in [-0.3, -0.25) is 9.59 Å². The molecule has 138 valence electrons. The van der Waals surface area contributed by atoms with Crippen LogP contribution < -0.4 is 0 Å². The normalized spacial score (nSPS) is 20.0. The summed E-state index contributed by atoms with van der Waals surface area (Å²) in [6.45, 7) is 5.15. The molecular formula is C19H23N3O3S. The van der Waals surface area contributed by atoms with Crippen LogP contribution in [0, 0.1) is 12.3 Å². The van der Waals surface area contributed by atoms with Crippen LogP contribution in [-0.2, 0) is 16.0 Å². The maximum Gasteiger partial charge on any atom is 0.314 e. The minimum atomic E-state index is -0.723. The topological polar surface area (TPSA) is 72.4 Å². The Labute approximate surface area is 157 Å². The molecule has 0 radical (unpaired) electrons. The van der Waals surface area contributed by atoms with Crippen LogP contribution in [0.5, 0.6) is 0 Å². The fourth-order valence-electron chi connectivity index (χ4n) is 3.57. The van der Waals surface area contributed by atoms with Crippen LogP contribution in [0.2, 0.25) is 0 Å². The van der Waals surface area contributed by atoms with Gasteiger partial charge in [-0.05, 0) is 44.2 Å². The molecule has 1 amide bonds. The number of likely N-dealkylation sites (tertiary alicyclic amines) is 1. The molecule has 6 nitrogen and oxygen atoms in total. The minimum Gasteiger partial charge on any atom is -0.466 e. The van der Waals surface area contributed by atoms with E-state index in [1.54, 1.807) is 4.90 Å². The number of aromatic nitrogens is 2. The third-order valence-electron chi connectivity index (χ3n) is 4.94. The first-order valence-corrected chi connectivity index (χ1v) is 9.57. The van der Waals surface area contributed by atoms with Crippen LogP contribution in [0.1, 0.15) is 41.4 Å². The van der Waals surface area contributed by atoms with Gasteiger partial charge in [-0.15, -0.1) is 0 Å². The molecule has 7 heteroatoms. The number of benzene rings is 1. The summed E-state index contributed by atoms with van der Waals surface area (Å²) in [4.78, 5) is 27.3. The number of carbonyl (C=O) groups is 2. The van der Waals surface area contributed by atoms with Crippen LogP contribution in [0.4, 0.5) is 0 Å². The Morgan fingerprint density at radius 3 is 2.85 bits per heavy atom. The maximum absolute atomic E-state index is 12.9. The van der Waals surface area contributed by atoms with E-state index in [4.69, 9.17) is 4.74 Å². The van der Waals surface area contributed by atoms with Crippen LogP contribution in [0.25, 0.3) is 0 Å². The first-order valence-electron chi connectivity index (χ1n) is 8.84. The molecule has 1 aromatic carbocycles. The second-order valence-corrected chi connectivity index (χ2v) is 7.28. The summed E-state index contributed by atoms with van der Waals surface area (Å²) in [5.74, 6) is -0.394. The summed E-state index contributed by atoms with van der Waals surface area (Å²) >= 11 is 1.01. The monoisotopic (exact) mass is 373 g/mol. The van der Waals surface area contributed by atoms with Gasteiger partial charge in [0, 0.05) is 13.1 Å². The number of piperidine rings is 1. The predicted molar refractivity (Wildman–Crippen MR) is 99.0 cm³/mol. The highest BCUT2D eigenvalue weighted by molar-refractivity contribution is 6.99. The fourth-order valence-corrected chi connectivity index (χ4v) is 3.97. The molecule has 2 aromatic rings. The first-order chi connectivity index (χ1) is 12.6. The Morgan fingerprint density at radius 2 is 2.15 bits per heavy atom. The average Bonchev–Trinajstić information content (AvgIpc) is 3.18. The molecule has 1 aliphatic rings. The summed E-state index contributed by atoms with van der Waals surface area (Å²) in [6, 6.07) is 8.05. The van der Waals surface area contributed by atoms with E-state index in [2.05, 4.69) is 8.75 Å². The second-order valence-electron chi connectivity index (χ2n) is 6.73. The third kappa shape index (κ3) is 3.77. The van der Waals surface area contributed by atoms with Crippen molar-refractivity contribution in [2.24, 2.45) is 5.41 Å². The highest BCUT2D eigenvalue weighted by Crippen LogP contribution is 2.36. The quantitative estimate of drug-likeness (QED) is 0.754. The Bertz CT molecular complexity index is 778. The van der Waals surface area contributed by atoms with E-state index in [0.717, 1.165) is 29.3 Å².